The van der Waals surface area contributed by atoms with E-state index in [1.54, 1.807) is 24.4 Å². The molecular formula is C16H19ClN4O2. The van der Waals surface area contributed by atoms with Crippen LogP contribution in [0, 0.1) is 5.92 Å². The van der Waals surface area contributed by atoms with Crippen LogP contribution in [0.2, 0.25) is 5.02 Å². The van der Waals surface area contributed by atoms with Crippen LogP contribution in [0.15, 0.2) is 30.6 Å². The van der Waals surface area contributed by atoms with Gasteiger partial charge in [0.25, 0.3) is 0 Å². The smallest absolute Gasteiger partial charge is 0.319 e. The van der Waals surface area contributed by atoms with Crippen molar-refractivity contribution in [3.63, 3.8) is 0 Å². The molecule has 0 aliphatic heterocycles. The van der Waals surface area contributed by atoms with Gasteiger partial charge in [0.2, 0.25) is 0 Å². The largest absolute Gasteiger partial charge is 0.506 e. The Morgan fingerprint density at radius 3 is 3.04 bits per heavy atom. The number of hydrogen-bond acceptors (Lipinski definition) is 3. The molecule has 1 aromatic carbocycles. The van der Waals surface area contributed by atoms with Crippen molar-refractivity contribution in [2.45, 2.75) is 32.4 Å². The van der Waals surface area contributed by atoms with Gasteiger partial charge >= 0.3 is 6.03 Å². The molecule has 1 aliphatic rings. The molecule has 1 unspecified atom stereocenters. The number of benzene rings is 1. The molecule has 1 fully saturated rings. The lowest BCUT2D eigenvalue weighted by molar-refractivity contribution is 0.251. The highest BCUT2D eigenvalue weighted by atomic mass is 35.5. The number of phenols is 1. The maximum atomic E-state index is 11.9. The number of para-hydroxylation sites is 1. The molecule has 0 saturated heterocycles. The fourth-order valence-electron chi connectivity index (χ4n) is 2.47. The third kappa shape index (κ3) is 3.76. The summed E-state index contributed by atoms with van der Waals surface area (Å²) in [4.78, 5) is 11.9. The maximum absolute atomic E-state index is 11.9. The van der Waals surface area contributed by atoms with E-state index in [4.69, 9.17) is 11.6 Å². The number of aromatic nitrogens is 2. The standard InChI is InChI=1S/C16H19ClN4O2/c1-10(11-5-6-11)21-9-13(8-19-21)20-16(23)18-7-12-3-2-4-14(17)15(12)22/h2-4,8-11,22H,5-7H2,1H3,(H2,18,20,23). The highest BCUT2D eigenvalue weighted by Crippen LogP contribution is 2.39. The lowest BCUT2D eigenvalue weighted by atomic mass is 10.2. The molecule has 1 saturated carbocycles. The Hall–Kier alpha value is -2.21. The Bertz CT molecular complexity index is 712. The van der Waals surface area contributed by atoms with Crippen LogP contribution in [0.3, 0.4) is 0 Å². The third-order valence-corrected chi connectivity index (χ3v) is 4.40. The van der Waals surface area contributed by atoms with E-state index in [-0.39, 0.29) is 23.3 Å². The second kappa shape index (κ2) is 6.50. The van der Waals surface area contributed by atoms with E-state index >= 15 is 0 Å². The summed E-state index contributed by atoms with van der Waals surface area (Å²) >= 11 is 5.83. The lowest BCUT2D eigenvalue weighted by Gasteiger charge is -2.10. The van der Waals surface area contributed by atoms with Gasteiger partial charge in [0.1, 0.15) is 5.75 Å². The predicted octanol–water partition coefficient (Wildman–Crippen LogP) is 3.53. The number of carbonyl (C=O) groups is 1. The molecule has 2 aromatic rings. The lowest BCUT2D eigenvalue weighted by Crippen LogP contribution is -2.28. The first kappa shape index (κ1) is 15.7. The average molecular weight is 335 g/mol. The third-order valence-electron chi connectivity index (χ3n) is 4.09. The predicted molar refractivity (Wildman–Crippen MR) is 88.6 cm³/mol. The number of urea groups is 1. The number of anilines is 1. The molecule has 1 aliphatic carbocycles. The summed E-state index contributed by atoms with van der Waals surface area (Å²) in [5.74, 6) is 0.683. The number of carbonyl (C=O) groups excluding carboxylic acids is 1. The SMILES string of the molecule is CC(C1CC1)n1cc(NC(=O)NCc2cccc(Cl)c2O)cn1. The van der Waals surface area contributed by atoms with E-state index in [0.717, 1.165) is 0 Å². The second-order valence-corrected chi connectivity index (χ2v) is 6.25. The molecule has 7 heteroatoms. The van der Waals surface area contributed by atoms with E-state index in [1.807, 2.05) is 10.9 Å². The van der Waals surface area contributed by atoms with Gasteiger partial charge in [-0.1, -0.05) is 23.7 Å². The number of amides is 2. The van der Waals surface area contributed by atoms with Crippen LogP contribution in [-0.4, -0.2) is 20.9 Å². The highest BCUT2D eigenvalue weighted by molar-refractivity contribution is 6.32. The normalized spacial score (nSPS) is 15.2. The van der Waals surface area contributed by atoms with Crippen LogP contribution >= 0.6 is 11.6 Å². The minimum atomic E-state index is -0.358. The second-order valence-electron chi connectivity index (χ2n) is 5.84. The summed E-state index contributed by atoms with van der Waals surface area (Å²) in [6, 6.07) is 5.02. The molecule has 0 bridgehead atoms. The number of nitrogens with zero attached hydrogens (tertiary/aromatic N) is 2. The first-order valence-corrected chi connectivity index (χ1v) is 7.97. The van der Waals surface area contributed by atoms with Crippen molar-refractivity contribution in [3.05, 3.63) is 41.2 Å². The number of hydrogen-bond donors (Lipinski definition) is 3. The summed E-state index contributed by atoms with van der Waals surface area (Å²) in [6.07, 6.45) is 5.95. The van der Waals surface area contributed by atoms with Gasteiger partial charge in [0, 0.05) is 18.3 Å². The van der Waals surface area contributed by atoms with Gasteiger partial charge in [-0.25, -0.2) is 4.79 Å². The Morgan fingerprint density at radius 2 is 2.30 bits per heavy atom. The Labute approximate surface area is 139 Å². The number of halogens is 1. The van der Waals surface area contributed by atoms with E-state index < -0.39 is 0 Å². The van der Waals surface area contributed by atoms with Crippen LogP contribution in [0.1, 0.15) is 31.4 Å². The first-order chi connectivity index (χ1) is 11.0. The molecule has 1 heterocycles. The number of rotatable bonds is 5. The highest BCUT2D eigenvalue weighted by Gasteiger charge is 2.29. The summed E-state index contributed by atoms with van der Waals surface area (Å²) < 4.78 is 1.88. The zero-order valence-electron chi connectivity index (χ0n) is 12.8. The van der Waals surface area contributed by atoms with Crippen LogP contribution in [0.5, 0.6) is 5.75 Å². The fourth-order valence-corrected chi connectivity index (χ4v) is 2.67. The molecule has 1 aromatic heterocycles. The fraction of sp³-hybridized carbons (Fsp3) is 0.375. The minimum absolute atomic E-state index is 0.0134. The van der Waals surface area contributed by atoms with Crippen molar-refractivity contribution in [2.24, 2.45) is 5.92 Å². The molecule has 3 N–H and O–H groups in total. The van der Waals surface area contributed by atoms with Gasteiger partial charge in [0.05, 0.1) is 22.9 Å². The Kier molecular flexibility index (Phi) is 4.43. The van der Waals surface area contributed by atoms with Crippen LogP contribution in [0.4, 0.5) is 10.5 Å². The van der Waals surface area contributed by atoms with Gasteiger partial charge in [-0.3, -0.25) is 4.68 Å². The summed E-state index contributed by atoms with van der Waals surface area (Å²) in [5.41, 5.74) is 1.20. The summed E-state index contributed by atoms with van der Waals surface area (Å²) in [6.45, 7) is 2.32. The van der Waals surface area contributed by atoms with E-state index in [2.05, 4.69) is 22.7 Å². The van der Waals surface area contributed by atoms with Gasteiger partial charge in [-0.15, -0.1) is 0 Å². The zero-order chi connectivity index (χ0) is 16.4. The Balaban J connectivity index is 1.54. The van der Waals surface area contributed by atoms with Crippen molar-refractivity contribution in [1.82, 2.24) is 15.1 Å². The number of phenolic OH excluding ortho intramolecular Hbond substituents is 1. The number of nitrogens with one attached hydrogen (secondary N) is 2. The van der Waals surface area contributed by atoms with Crippen LogP contribution in [-0.2, 0) is 6.54 Å². The zero-order valence-corrected chi connectivity index (χ0v) is 13.5. The van der Waals surface area contributed by atoms with Crippen LogP contribution in [0.25, 0.3) is 0 Å². The van der Waals surface area contributed by atoms with Crippen molar-refractivity contribution >= 4 is 23.3 Å². The number of aromatic hydroxyl groups is 1. The van der Waals surface area contributed by atoms with Gasteiger partial charge in [-0.05, 0) is 31.7 Å². The topological polar surface area (TPSA) is 79.2 Å². The van der Waals surface area contributed by atoms with Crippen molar-refractivity contribution in [1.29, 1.82) is 0 Å². The van der Waals surface area contributed by atoms with E-state index in [9.17, 15) is 9.90 Å². The molecule has 23 heavy (non-hydrogen) atoms. The maximum Gasteiger partial charge on any atom is 0.319 e. The average Bonchev–Trinajstić information content (AvgIpc) is 3.28. The molecule has 3 rings (SSSR count). The van der Waals surface area contributed by atoms with Gasteiger partial charge in [0.15, 0.2) is 0 Å². The quantitative estimate of drug-likeness (QED) is 0.782. The Morgan fingerprint density at radius 1 is 1.52 bits per heavy atom. The van der Waals surface area contributed by atoms with Crippen LogP contribution < -0.4 is 10.6 Å². The van der Waals surface area contributed by atoms with Crippen molar-refractivity contribution < 1.29 is 9.90 Å². The minimum Gasteiger partial charge on any atom is -0.506 e. The molecule has 1 atom stereocenters. The van der Waals surface area contributed by atoms with E-state index in [0.29, 0.717) is 23.2 Å². The first-order valence-electron chi connectivity index (χ1n) is 7.60. The van der Waals surface area contributed by atoms with Gasteiger partial charge in [-0.2, -0.15) is 5.10 Å². The molecule has 2 amide bonds. The van der Waals surface area contributed by atoms with Crippen molar-refractivity contribution in [2.75, 3.05) is 5.32 Å². The van der Waals surface area contributed by atoms with E-state index in [1.165, 1.54) is 12.8 Å². The van der Waals surface area contributed by atoms with Crippen molar-refractivity contribution in [3.8, 4) is 5.75 Å². The monoisotopic (exact) mass is 334 g/mol. The molecule has 6 nitrogen and oxygen atoms in total. The molecule has 122 valence electrons. The molecular weight excluding hydrogens is 316 g/mol. The molecule has 0 spiro atoms. The summed E-state index contributed by atoms with van der Waals surface area (Å²) in [5, 5.41) is 19.8. The summed E-state index contributed by atoms with van der Waals surface area (Å²) in [7, 11) is 0. The van der Waals surface area contributed by atoms with Gasteiger partial charge < -0.3 is 15.7 Å². The molecule has 0 radical (unpaired) electrons.